The Morgan fingerprint density at radius 2 is 2.10 bits per heavy atom. The lowest BCUT2D eigenvalue weighted by atomic mass is 9.76. The number of aromatic nitrogens is 2. The number of carbonyl (C=O) groups is 1. The molecule has 0 aliphatic heterocycles. The summed E-state index contributed by atoms with van der Waals surface area (Å²) in [5.41, 5.74) is -0.169. The third-order valence-electron chi connectivity index (χ3n) is 3.57. The van der Waals surface area contributed by atoms with E-state index in [1.54, 1.807) is 0 Å². The Balaban J connectivity index is 2.15. The van der Waals surface area contributed by atoms with Crippen LogP contribution in [0.2, 0.25) is 0 Å². The molecule has 6 heteroatoms. The summed E-state index contributed by atoms with van der Waals surface area (Å²) in [6, 6.07) is 0. The van der Waals surface area contributed by atoms with Crippen molar-refractivity contribution in [1.82, 2.24) is 15.5 Å². The Labute approximate surface area is 124 Å². The number of allylic oxidation sites excluding steroid dienone is 2. The number of nitrogens with one attached hydrogen (secondary N) is 1. The first-order valence-electron chi connectivity index (χ1n) is 7.24. The molecule has 0 atom stereocenters. The van der Waals surface area contributed by atoms with Gasteiger partial charge in [0, 0.05) is 5.57 Å². The first-order chi connectivity index (χ1) is 9.76. The van der Waals surface area contributed by atoms with Crippen LogP contribution in [-0.4, -0.2) is 21.8 Å². The van der Waals surface area contributed by atoms with Gasteiger partial charge in [-0.1, -0.05) is 11.2 Å². The van der Waals surface area contributed by atoms with Gasteiger partial charge < -0.3 is 14.6 Å². The second-order valence-electron chi connectivity index (χ2n) is 6.46. The lowest BCUT2D eigenvalue weighted by Gasteiger charge is -2.39. The number of alkyl carbamates (subject to hydrolysis) is 1. The molecule has 1 heterocycles. The van der Waals surface area contributed by atoms with E-state index in [0.29, 0.717) is 11.7 Å². The summed E-state index contributed by atoms with van der Waals surface area (Å²) in [6.45, 7) is 9.33. The number of ether oxygens (including phenoxy) is 1. The number of carbonyl (C=O) groups excluding carboxylic acids is 1. The van der Waals surface area contributed by atoms with E-state index in [1.165, 1.54) is 0 Å². The van der Waals surface area contributed by atoms with Gasteiger partial charge in [0.25, 0.3) is 5.89 Å². The molecule has 1 aliphatic carbocycles. The second kappa shape index (κ2) is 5.50. The summed E-state index contributed by atoms with van der Waals surface area (Å²) in [6.07, 6.45) is 4.06. The van der Waals surface area contributed by atoms with E-state index < -0.39 is 17.2 Å². The molecule has 0 bridgehead atoms. The van der Waals surface area contributed by atoms with Crippen LogP contribution in [0, 0.1) is 0 Å². The zero-order chi connectivity index (χ0) is 15.7. The Morgan fingerprint density at radius 3 is 2.57 bits per heavy atom. The topological polar surface area (TPSA) is 77.2 Å². The van der Waals surface area contributed by atoms with Gasteiger partial charge in [0.05, 0.1) is 0 Å². The summed E-state index contributed by atoms with van der Waals surface area (Å²) in [7, 11) is 0. The van der Waals surface area contributed by atoms with E-state index in [2.05, 4.69) is 15.5 Å². The highest BCUT2D eigenvalue weighted by Crippen LogP contribution is 2.40. The molecular formula is C15H23N3O3. The Kier molecular flexibility index (Phi) is 4.07. The predicted octanol–water partition coefficient (Wildman–Crippen LogP) is 3.40. The molecule has 2 rings (SSSR count). The number of rotatable bonds is 3. The molecule has 6 nitrogen and oxygen atoms in total. The molecule has 1 fully saturated rings. The van der Waals surface area contributed by atoms with Crippen LogP contribution in [0.5, 0.6) is 0 Å². The van der Waals surface area contributed by atoms with Crippen LogP contribution >= 0.6 is 0 Å². The average Bonchev–Trinajstić information content (AvgIpc) is 2.80. The lowest BCUT2D eigenvalue weighted by Crippen LogP contribution is -2.52. The van der Waals surface area contributed by atoms with Crippen LogP contribution < -0.4 is 5.32 Å². The van der Waals surface area contributed by atoms with E-state index in [-0.39, 0.29) is 0 Å². The van der Waals surface area contributed by atoms with Gasteiger partial charge in [-0.15, -0.1) is 0 Å². The minimum atomic E-state index is -0.557. The molecule has 1 aromatic rings. The van der Waals surface area contributed by atoms with E-state index in [0.717, 1.165) is 24.8 Å². The van der Waals surface area contributed by atoms with Crippen LogP contribution in [0.25, 0.3) is 5.57 Å². The minimum absolute atomic E-state index is 0.448. The normalized spacial score (nSPS) is 18.0. The van der Waals surface area contributed by atoms with Crippen LogP contribution in [0.15, 0.2) is 10.6 Å². The quantitative estimate of drug-likeness (QED) is 0.924. The van der Waals surface area contributed by atoms with Crippen LogP contribution in [-0.2, 0) is 10.3 Å². The molecule has 0 saturated heterocycles. The Bertz CT molecular complexity index is 551. The van der Waals surface area contributed by atoms with Crippen molar-refractivity contribution in [3.63, 3.8) is 0 Å². The van der Waals surface area contributed by atoms with Crippen LogP contribution in [0.3, 0.4) is 0 Å². The van der Waals surface area contributed by atoms with Gasteiger partial charge in [-0.25, -0.2) is 4.79 Å². The van der Waals surface area contributed by atoms with Gasteiger partial charge in [-0.3, -0.25) is 0 Å². The molecule has 1 aromatic heterocycles. The van der Waals surface area contributed by atoms with Crippen molar-refractivity contribution in [2.75, 3.05) is 0 Å². The molecule has 1 N–H and O–H groups in total. The third kappa shape index (κ3) is 3.43. The van der Waals surface area contributed by atoms with Gasteiger partial charge in [0.2, 0.25) is 0 Å². The first-order valence-corrected chi connectivity index (χ1v) is 7.24. The summed E-state index contributed by atoms with van der Waals surface area (Å²) < 4.78 is 10.6. The largest absolute Gasteiger partial charge is 0.444 e. The molecule has 0 unspecified atom stereocenters. The van der Waals surface area contributed by atoms with Gasteiger partial charge in [-0.05, 0) is 53.9 Å². The van der Waals surface area contributed by atoms with E-state index in [1.807, 2.05) is 40.7 Å². The monoisotopic (exact) mass is 293 g/mol. The molecule has 0 radical (unpaired) electrons. The zero-order valence-electron chi connectivity index (χ0n) is 13.3. The van der Waals surface area contributed by atoms with Crippen LogP contribution in [0.1, 0.15) is 65.6 Å². The summed E-state index contributed by atoms with van der Waals surface area (Å²) in [5.74, 6) is 1.01. The highest BCUT2D eigenvalue weighted by Gasteiger charge is 2.45. The van der Waals surface area contributed by atoms with Gasteiger partial charge >= 0.3 is 6.09 Å². The van der Waals surface area contributed by atoms with Gasteiger partial charge in [0.1, 0.15) is 11.1 Å². The fourth-order valence-electron chi connectivity index (χ4n) is 2.14. The molecule has 1 amide bonds. The van der Waals surface area contributed by atoms with Gasteiger partial charge in [0.15, 0.2) is 5.82 Å². The highest BCUT2D eigenvalue weighted by atomic mass is 16.6. The zero-order valence-corrected chi connectivity index (χ0v) is 13.3. The molecule has 21 heavy (non-hydrogen) atoms. The SMILES string of the molecule is C/C=C(\C)c1nc(C2(NC(=O)OC(C)(C)C)CCC2)no1. The molecular weight excluding hydrogens is 270 g/mol. The van der Waals surface area contributed by atoms with Gasteiger partial charge in [-0.2, -0.15) is 4.98 Å². The van der Waals surface area contributed by atoms with E-state index >= 15 is 0 Å². The van der Waals surface area contributed by atoms with Crippen molar-refractivity contribution in [1.29, 1.82) is 0 Å². The number of hydrogen-bond donors (Lipinski definition) is 1. The summed E-state index contributed by atoms with van der Waals surface area (Å²) in [4.78, 5) is 16.4. The average molecular weight is 293 g/mol. The fourth-order valence-corrected chi connectivity index (χ4v) is 2.14. The molecule has 116 valence electrons. The number of amides is 1. The minimum Gasteiger partial charge on any atom is -0.444 e. The molecule has 0 aromatic carbocycles. The Morgan fingerprint density at radius 1 is 1.43 bits per heavy atom. The van der Waals surface area contributed by atoms with E-state index in [9.17, 15) is 4.79 Å². The van der Waals surface area contributed by atoms with Crippen molar-refractivity contribution in [3.05, 3.63) is 17.8 Å². The van der Waals surface area contributed by atoms with Crippen LogP contribution in [0.4, 0.5) is 4.79 Å². The van der Waals surface area contributed by atoms with Crippen molar-refractivity contribution in [3.8, 4) is 0 Å². The molecule has 1 saturated carbocycles. The smallest absolute Gasteiger partial charge is 0.408 e. The maximum atomic E-state index is 12.0. The summed E-state index contributed by atoms with van der Waals surface area (Å²) in [5, 5.41) is 6.94. The maximum absolute atomic E-state index is 12.0. The number of nitrogens with zero attached hydrogens (tertiary/aromatic N) is 2. The third-order valence-corrected chi connectivity index (χ3v) is 3.57. The highest BCUT2D eigenvalue weighted by molar-refractivity contribution is 5.69. The number of hydrogen-bond acceptors (Lipinski definition) is 5. The maximum Gasteiger partial charge on any atom is 0.408 e. The Hall–Kier alpha value is -1.85. The standard InChI is InChI=1S/C15H23N3O3/c1-6-10(2)11-16-12(18-21-11)15(8-7-9-15)17-13(19)20-14(3,4)5/h6H,7-9H2,1-5H3,(H,17,19)/b10-6+. The molecule has 1 aliphatic rings. The van der Waals surface area contributed by atoms with Crippen molar-refractivity contribution in [2.45, 2.75) is 65.0 Å². The van der Waals surface area contributed by atoms with Crippen molar-refractivity contribution in [2.24, 2.45) is 0 Å². The van der Waals surface area contributed by atoms with E-state index in [4.69, 9.17) is 9.26 Å². The van der Waals surface area contributed by atoms with Crippen molar-refractivity contribution < 1.29 is 14.1 Å². The van der Waals surface area contributed by atoms with Crippen molar-refractivity contribution >= 4 is 11.7 Å². The lowest BCUT2D eigenvalue weighted by molar-refractivity contribution is 0.0362. The second-order valence-corrected chi connectivity index (χ2v) is 6.46. The predicted molar refractivity (Wildman–Crippen MR) is 78.5 cm³/mol. The molecule has 0 spiro atoms. The fraction of sp³-hybridized carbons (Fsp3) is 0.667. The first kappa shape index (κ1) is 15.5. The summed E-state index contributed by atoms with van der Waals surface area (Å²) >= 11 is 0.